The summed E-state index contributed by atoms with van der Waals surface area (Å²) in [6.07, 6.45) is 2.42. The minimum Gasteiger partial charge on any atom is -0.370 e. The molecule has 1 aliphatic heterocycles. The fraction of sp³-hybridized carbons (Fsp3) is 0.500. The SMILES string of the molecule is CCN1CCCC1CNC(N)=NCC(=O)Nc1ccccc1. The van der Waals surface area contributed by atoms with Gasteiger partial charge in [-0.25, -0.2) is 4.99 Å². The summed E-state index contributed by atoms with van der Waals surface area (Å²) in [5.74, 6) is 0.151. The van der Waals surface area contributed by atoms with Crippen LogP contribution in [0.1, 0.15) is 19.8 Å². The molecule has 0 spiro atoms. The van der Waals surface area contributed by atoms with Gasteiger partial charge in [0.25, 0.3) is 0 Å². The van der Waals surface area contributed by atoms with E-state index in [4.69, 9.17) is 5.73 Å². The van der Waals surface area contributed by atoms with Gasteiger partial charge in [-0.05, 0) is 38.1 Å². The van der Waals surface area contributed by atoms with Crippen LogP contribution in [0.4, 0.5) is 5.69 Å². The zero-order chi connectivity index (χ0) is 15.8. The number of nitrogens with zero attached hydrogens (tertiary/aromatic N) is 2. The van der Waals surface area contributed by atoms with Gasteiger partial charge in [0.05, 0.1) is 0 Å². The van der Waals surface area contributed by atoms with Crippen molar-refractivity contribution in [1.29, 1.82) is 0 Å². The molecule has 22 heavy (non-hydrogen) atoms. The van der Waals surface area contributed by atoms with Crippen molar-refractivity contribution >= 4 is 17.6 Å². The molecule has 0 saturated carbocycles. The second kappa shape index (κ2) is 8.38. The van der Waals surface area contributed by atoms with Crippen molar-refractivity contribution in [3.8, 4) is 0 Å². The van der Waals surface area contributed by atoms with Crippen LogP contribution in [0.3, 0.4) is 0 Å². The standard InChI is InChI=1S/C16H25N5O/c1-2-21-10-6-9-14(21)11-18-16(17)19-12-15(22)20-13-7-4-3-5-8-13/h3-5,7-8,14H,2,6,9-12H2,1H3,(H,20,22)(H3,17,18,19). The number of likely N-dealkylation sites (tertiary alicyclic amines) is 1. The second-order valence-corrected chi connectivity index (χ2v) is 5.42. The van der Waals surface area contributed by atoms with Crippen molar-refractivity contribution in [2.75, 3.05) is 31.5 Å². The Kier molecular flexibility index (Phi) is 6.21. The molecule has 1 amide bonds. The Morgan fingerprint density at radius 1 is 1.41 bits per heavy atom. The normalized spacial score (nSPS) is 19.1. The molecule has 6 nitrogen and oxygen atoms in total. The Labute approximate surface area is 131 Å². The number of hydrogen-bond donors (Lipinski definition) is 3. The maximum atomic E-state index is 11.8. The van der Waals surface area contributed by atoms with Gasteiger partial charge in [-0.15, -0.1) is 0 Å². The molecule has 0 aliphatic carbocycles. The summed E-state index contributed by atoms with van der Waals surface area (Å²) in [6, 6.07) is 9.83. The Morgan fingerprint density at radius 3 is 2.91 bits per heavy atom. The Morgan fingerprint density at radius 2 is 2.18 bits per heavy atom. The van der Waals surface area contributed by atoms with Gasteiger partial charge in [-0.1, -0.05) is 25.1 Å². The molecular formula is C16H25N5O. The molecule has 1 unspecified atom stereocenters. The number of hydrogen-bond acceptors (Lipinski definition) is 3. The largest absolute Gasteiger partial charge is 0.370 e. The molecule has 1 saturated heterocycles. The van der Waals surface area contributed by atoms with Crippen LogP contribution in [0, 0.1) is 0 Å². The predicted molar refractivity (Wildman–Crippen MR) is 89.8 cm³/mol. The third-order valence-electron chi connectivity index (χ3n) is 3.87. The highest BCUT2D eigenvalue weighted by molar-refractivity contribution is 5.93. The van der Waals surface area contributed by atoms with Crippen LogP contribution < -0.4 is 16.4 Å². The third kappa shape index (κ3) is 5.04. The lowest BCUT2D eigenvalue weighted by Crippen LogP contribution is -2.43. The first kappa shape index (κ1) is 16.3. The Bertz CT molecular complexity index is 503. The number of amides is 1. The van der Waals surface area contributed by atoms with Crippen LogP contribution in [-0.4, -0.2) is 49.0 Å². The summed E-state index contributed by atoms with van der Waals surface area (Å²) < 4.78 is 0. The van der Waals surface area contributed by atoms with Crippen molar-refractivity contribution in [2.24, 2.45) is 10.7 Å². The summed E-state index contributed by atoms with van der Waals surface area (Å²) in [6.45, 7) is 5.19. The van der Waals surface area contributed by atoms with Gasteiger partial charge in [0.15, 0.2) is 5.96 Å². The summed E-state index contributed by atoms with van der Waals surface area (Å²) >= 11 is 0. The summed E-state index contributed by atoms with van der Waals surface area (Å²) in [5, 5.41) is 5.89. The van der Waals surface area contributed by atoms with Gasteiger partial charge in [0.1, 0.15) is 6.54 Å². The summed E-state index contributed by atoms with van der Waals surface area (Å²) in [5.41, 5.74) is 6.58. The average molecular weight is 303 g/mol. The van der Waals surface area contributed by atoms with Crippen molar-refractivity contribution in [3.05, 3.63) is 30.3 Å². The van der Waals surface area contributed by atoms with Gasteiger partial charge in [0.2, 0.25) is 5.91 Å². The molecule has 1 fully saturated rings. The molecule has 4 N–H and O–H groups in total. The van der Waals surface area contributed by atoms with Crippen LogP contribution in [0.2, 0.25) is 0 Å². The monoisotopic (exact) mass is 303 g/mol. The molecule has 1 atom stereocenters. The maximum absolute atomic E-state index is 11.8. The van der Waals surface area contributed by atoms with E-state index < -0.39 is 0 Å². The fourth-order valence-corrected chi connectivity index (χ4v) is 2.70. The average Bonchev–Trinajstić information content (AvgIpc) is 2.99. The van der Waals surface area contributed by atoms with Gasteiger partial charge < -0.3 is 16.4 Å². The highest BCUT2D eigenvalue weighted by atomic mass is 16.1. The molecule has 120 valence electrons. The number of carbonyl (C=O) groups is 1. The van der Waals surface area contributed by atoms with Gasteiger partial charge >= 0.3 is 0 Å². The molecule has 0 aromatic heterocycles. The molecule has 1 heterocycles. The highest BCUT2D eigenvalue weighted by Crippen LogP contribution is 2.15. The van der Waals surface area contributed by atoms with E-state index >= 15 is 0 Å². The zero-order valence-corrected chi connectivity index (χ0v) is 13.1. The number of aliphatic imine (C=N–C) groups is 1. The van der Waals surface area contributed by atoms with Crippen LogP contribution in [-0.2, 0) is 4.79 Å². The Balaban J connectivity index is 1.72. The van der Waals surface area contributed by atoms with E-state index in [1.807, 2.05) is 30.3 Å². The van der Waals surface area contributed by atoms with Crippen LogP contribution >= 0.6 is 0 Å². The number of anilines is 1. The van der Waals surface area contributed by atoms with Crippen molar-refractivity contribution in [2.45, 2.75) is 25.8 Å². The van der Waals surface area contributed by atoms with E-state index in [0.29, 0.717) is 12.0 Å². The van der Waals surface area contributed by atoms with Crippen molar-refractivity contribution in [1.82, 2.24) is 10.2 Å². The number of nitrogens with one attached hydrogen (secondary N) is 2. The van der Waals surface area contributed by atoms with E-state index in [9.17, 15) is 4.79 Å². The smallest absolute Gasteiger partial charge is 0.246 e. The second-order valence-electron chi connectivity index (χ2n) is 5.42. The topological polar surface area (TPSA) is 82.8 Å². The zero-order valence-electron chi connectivity index (χ0n) is 13.1. The number of carbonyl (C=O) groups excluding carboxylic acids is 1. The molecule has 1 aromatic carbocycles. The number of benzene rings is 1. The molecule has 1 aliphatic rings. The van der Waals surface area contributed by atoms with Crippen LogP contribution in [0.25, 0.3) is 0 Å². The molecule has 1 aromatic rings. The van der Waals surface area contributed by atoms with E-state index in [0.717, 1.165) is 25.3 Å². The molecule has 2 rings (SSSR count). The van der Waals surface area contributed by atoms with Crippen molar-refractivity contribution < 1.29 is 4.79 Å². The number of guanidine groups is 1. The molecular weight excluding hydrogens is 278 g/mol. The van der Waals surface area contributed by atoms with E-state index in [1.165, 1.54) is 12.8 Å². The van der Waals surface area contributed by atoms with E-state index in [2.05, 4.69) is 27.4 Å². The number of para-hydroxylation sites is 1. The number of likely N-dealkylation sites (N-methyl/N-ethyl adjacent to an activating group) is 1. The maximum Gasteiger partial charge on any atom is 0.246 e. The quantitative estimate of drug-likeness (QED) is 0.541. The lowest BCUT2D eigenvalue weighted by atomic mass is 10.2. The van der Waals surface area contributed by atoms with Gasteiger partial charge in [-0.3, -0.25) is 9.69 Å². The lowest BCUT2D eigenvalue weighted by Gasteiger charge is -2.23. The van der Waals surface area contributed by atoms with Crippen molar-refractivity contribution in [3.63, 3.8) is 0 Å². The van der Waals surface area contributed by atoms with Crippen LogP contribution in [0.15, 0.2) is 35.3 Å². The number of nitrogens with two attached hydrogens (primary N) is 1. The van der Waals surface area contributed by atoms with E-state index in [-0.39, 0.29) is 12.5 Å². The molecule has 0 radical (unpaired) electrons. The first-order valence-electron chi connectivity index (χ1n) is 7.81. The highest BCUT2D eigenvalue weighted by Gasteiger charge is 2.22. The van der Waals surface area contributed by atoms with Gasteiger partial charge in [0, 0.05) is 18.3 Å². The molecule has 0 bridgehead atoms. The first-order chi connectivity index (χ1) is 10.7. The van der Waals surface area contributed by atoms with Gasteiger partial charge in [-0.2, -0.15) is 0 Å². The fourth-order valence-electron chi connectivity index (χ4n) is 2.70. The van der Waals surface area contributed by atoms with E-state index in [1.54, 1.807) is 0 Å². The predicted octanol–water partition coefficient (Wildman–Crippen LogP) is 1.01. The first-order valence-corrected chi connectivity index (χ1v) is 7.81. The summed E-state index contributed by atoms with van der Waals surface area (Å²) in [7, 11) is 0. The Hall–Kier alpha value is -2.08. The van der Waals surface area contributed by atoms with Crippen LogP contribution in [0.5, 0.6) is 0 Å². The molecule has 6 heteroatoms. The third-order valence-corrected chi connectivity index (χ3v) is 3.87. The minimum atomic E-state index is -0.174. The number of rotatable bonds is 6. The lowest BCUT2D eigenvalue weighted by molar-refractivity contribution is -0.114. The summed E-state index contributed by atoms with van der Waals surface area (Å²) in [4.78, 5) is 18.3. The minimum absolute atomic E-state index is 0.0237.